The topological polar surface area (TPSA) is 59.6 Å². The molecule has 0 atom stereocenters. The summed E-state index contributed by atoms with van der Waals surface area (Å²) in [5.74, 6) is 1.32. The third kappa shape index (κ3) is 5.48. The van der Waals surface area contributed by atoms with Crippen LogP contribution in [0.15, 0.2) is 18.2 Å². The fraction of sp³-hybridized carbons (Fsp3) is 0.533. The summed E-state index contributed by atoms with van der Waals surface area (Å²) >= 11 is 0. The van der Waals surface area contributed by atoms with Crippen LogP contribution in [0.5, 0.6) is 11.5 Å². The summed E-state index contributed by atoms with van der Waals surface area (Å²) in [7, 11) is 3.46. The van der Waals surface area contributed by atoms with Crippen molar-refractivity contribution in [2.24, 2.45) is 0 Å². The van der Waals surface area contributed by atoms with Crippen LogP contribution >= 0.6 is 0 Å². The molecule has 0 saturated carbocycles. The molecule has 0 fully saturated rings. The maximum absolute atomic E-state index is 11.9. The van der Waals surface area contributed by atoms with Gasteiger partial charge in [-0.25, -0.2) is 0 Å². The quantitative estimate of drug-likeness (QED) is 0.718. The highest BCUT2D eigenvalue weighted by Crippen LogP contribution is 2.30. The lowest BCUT2D eigenvalue weighted by Gasteiger charge is -2.16. The van der Waals surface area contributed by atoms with Crippen LogP contribution < -0.4 is 20.1 Å². The molecule has 1 aromatic carbocycles. The maximum atomic E-state index is 11.9. The zero-order chi connectivity index (χ0) is 15.0. The number of rotatable bonds is 8. The van der Waals surface area contributed by atoms with Crippen LogP contribution in [0.1, 0.15) is 26.7 Å². The summed E-state index contributed by atoms with van der Waals surface area (Å²) in [6.07, 6.45) is 1.31. The number of hydrogen-bond acceptors (Lipinski definition) is 4. The van der Waals surface area contributed by atoms with Crippen molar-refractivity contribution in [2.45, 2.75) is 32.8 Å². The molecule has 5 heteroatoms. The molecule has 0 heterocycles. The van der Waals surface area contributed by atoms with Crippen molar-refractivity contribution in [1.29, 1.82) is 0 Å². The molecule has 0 radical (unpaired) electrons. The highest BCUT2D eigenvalue weighted by Gasteiger charge is 2.10. The Hall–Kier alpha value is -1.75. The third-order valence-electron chi connectivity index (χ3n) is 2.65. The van der Waals surface area contributed by atoms with E-state index in [0.29, 0.717) is 23.6 Å². The molecule has 0 aliphatic carbocycles. The lowest BCUT2D eigenvalue weighted by Crippen LogP contribution is -2.16. The molecule has 0 aromatic heterocycles. The minimum atomic E-state index is -0.0258. The zero-order valence-electron chi connectivity index (χ0n) is 12.7. The van der Waals surface area contributed by atoms with Gasteiger partial charge in [0.05, 0.1) is 18.9 Å². The fourth-order valence-corrected chi connectivity index (χ4v) is 1.73. The van der Waals surface area contributed by atoms with Crippen LogP contribution in [-0.2, 0) is 4.79 Å². The van der Waals surface area contributed by atoms with Crippen molar-refractivity contribution in [1.82, 2.24) is 5.32 Å². The van der Waals surface area contributed by atoms with E-state index in [1.54, 1.807) is 13.2 Å². The second-order valence-corrected chi connectivity index (χ2v) is 4.78. The Kier molecular flexibility index (Phi) is 6.87. The van der Waals surface area contributed by atoms with Crippen LogP contribution in [0.25, 0.3) is 0 Å². The third-order valence-corrected chi connectivity index (χ3v) is 2.65. The van der Waals surface area contributed by atoms with Gasteiger partial charge < -0.3 is 20.1 Å². The van der Waals surface area contributed by atoms with E-state index < -0.39 is 0 Å². The number of anilines is 1. The molecule has 1 aromatic rings. The van der Waals surface area contributed by atoms with Crippen LogP contribution in [0.4, 0.5) is 5.69 Å². The average molecular weight is 280 g/mol. The number of ether oxygens (including phenoxy) is 2. The molecule has 0 saturated heterocycles. The van der Waals surface area contributed by atoms with Gasteiger partial charge in [-0.15, -0.1) is 0 Å². The number of hydrogen-bond donors (Lipinski definition) is 2. The molecule has 0 spiro atoms. The van der Waals surface area contributed by atoms with Gasteiger partial charge in [-0.2, -0.15) is 0 Å². The largest absolute Gasteiger partial charge is 0.497 e. The van der Waals surface area contributed by atoms with Gasteiger partial charge in [0.15, 0.2) is 0 Å². The van der Waals surface area contributed by atoms with Crippen molar-refractivity contribution in [3.05, 3.63) is 18.2 Å². The number of methoxy groups -OCH3 is 1. The smallest absolute Gasteiger partial charge is 0.224 e. The van der Waals surface area contributed by atoms with E-state index in [1.165, 1.54) is 0 Å². The van der Waals surface area contributed by atoms with E-state index in [9.17, 15) is 4.79 Å². The number of carbonyl (C=O) groups excluding carboxylic acids is 1. The minimum Gasteiger partial charge on any atom is -0.497 e. The lowest BCUT2D eigenvalue weighted by molar-refractivity contribution is -0.116. The van der Waals surface area contributed by atoms with Gasteiger partial charge in [-0.3, -0.25) is 4.79 Å². The van der Waals surface area contributed by atoms with Crippen molar-refractivity contribution < 1.29 is 14.3 Å². The van der Waals surface area contributed by atoms with E-state index in [-0.39, 0.29) is 12.0 Å². The van der Waals surface area contributed by atoms with E-state index in [0.717, 1.165) is 13.0 Å². The molecular weight excluding hydrogens is 256 g/mol. The highest BCUT2D eigenvalue weighted by molar-refractivity contribution is 5.92. The summed E-state index contributed by atoms with van der Waals surface area (Å²) in [6.45, 7) is 4.71. The Morgan fingerprint density at radius 2 is 2.10 bits per heavy atom. The molecule has 0 aliphatic heterocycles. The van der Waals surface area contributed by atoms with E-state index in [1.807, 2.05) is 33.0 Å². The summed E-state index contributed by atoms with van der Waals surface area (Å²) in [5, 5.41) is 5.90. The van der Waals surface area contributed by atoms with E-state index in [2.05, 4.69) is 10.6 Å². The van der Waals surface area contributed by atoms with Gasteiger partial charge in [-0.1, -0.05) is 0 Å². The van der Waals surface area contributed by atoms with Crippen LogP contribution in [0.2, 0.25) is 0 Å². The van der Waals surface area contributed by atoms with Crippen molar-refractivity contribution in [3.63, 3.8) is 0 Å². The second kappa shape index (κ2) is 8.43. The van der Waals surface area contributed by atoms with Crippen molar-refractivity contribution in [3.8, 4) is 11.5 Å². The normalized spacial score (nSPS) is 10.4. The van der Waals surface area contributed by atoms with Crippen LogP contribution in [-0.4, -0.2) is 32.7 Å². The molecule has 1 rings (SSSR count). The number of carbonyl (C=O) groups is 1. The molecule has 20 heavy (non-hydrogen) atoms. The van der Waals surface area contributed by atoms with E-state index >= 15 is 0 Å². The van der Waals surface area contributed by atoms with Crippen molar-refractivity contribution in [2.75, 3.05) is 26.0 Å². The highest BCUT2D eigenvalue weighted by atomic mass is 16.5. The lowest BCUT2D eigenvalue weighted by atomic mass is 10.2. The molecule has 0 bridgehead atoms. The maximum Gasteiger partial charge on any atom is 0.224 e. The van der Waals surface area contributed by atoms with E-state index in [4.69, 9.17) is 9.47 Å². The first kappa shape index (κ1) is 16.3. The van der Waals surface area contributed by atoms with Gasteiger partial charge in [0.1, 0.15) is 11.5 Å². The van der Waals surface area contributed by atoms with Crippen LogP contribution in [0, 0.1) is 0 Å². The summed E-state index contributed by atoms with van der Waals surface area (Å²) < 4.78 is 10.9. The van der Waals surface area contributed by atoms with Crippen molar-refractivity contribution >= 4 is 11.6 Å². The first-order valence-electron chi connectivity index (χ1n) is 6.86. The molecule has 1 amide bonds. The van der Waals surface area contributed by atoms with Gasteiger partial charge in [0.2, 0.25) is 5.91 Å². The van der Waals surface area contributed by atoms with Gasteiger partial charge in [0.25, 0.3) is 0 Å². The Bertz CT molecular complexity index is 433. The number of amides is 1. The first-order valence-corrected chi connectivity index (χ1v) is 6.86. The minimum absolute atomic E-state index is 0.0258. The van der Waals surface area contributed by atoms with Gasteiger partial charge >= 0.3 is 0 Å². The van der Waals surface area contributed by atoms with Crippen LogP contribution in [0.3, 0.4) is 0 Å². The Labute approximate surface area is 120 Å². The summed E-state index contributed by atoms with van der Waals surface area (Å²) in [4.78, 5) is 11.9. The molecule has 5 nitrogen and oxygen atoms in total. The fourth-order valence-electron chi connectivity index (χ4n) is 1.73. The predicted octanol–water partition coefficient (Wildman–Crippen LogP) is 2.42. The first-order chi connectivity index (χ1) is 9.56. The Morgan fingerprint density at radius 1 is 1.35 bits per heavy atom. The second-order valence-electron chi connectivity index (χ2n) is 4.78. The predicted molar refractivity (Wildman–Crippen MR) is 80.5 cm³/mol. The molecule has 2 N–H and O–H groups in total. The standard InChI is InChI=1S/C15H24N2O3/c1-11(2)20-14-8-7-12(19-4)10-13(14)17-15(18)6-5-9-16-3/h7-8,10-11,16H,5-6,9H2,1-4H3,(H,17,18). The Balaban J connectivity index is 2.76. The summed E-state index contributed by atoms with van der Waals surface area (Å²) in [6, 6.07) is 5.39. The summed E-state index contributed by atoms with van der Waals surface area (Å²) in [5.41, 5.74) is 0.646. The molecule has 0 aliphatic rings. The molecule has 0 unspecified atom stereocenters. The number of benzene rings is 1. The average Bonchev–Trinajstić information content (AvgIpc) is 2.40. The Morgan fingerprint density at radius 3 is 2.70 bits per heavy atom. The zero-order valence-corrected chi connectivity index (χ0v) is 12.7. The number of nitrogens with one attached hydrogen (secondary N) is 2. The molecular formula is C15H24N2O3. The van der Waals surface area contributed by atoms with Gasteiger partial charge in [0, 0.05) is 12.5 Å². The molecule has 112 valence electrons. The SMILES string of the molecule is CNCCCC(=O)Nc1cc(OC)ccc1OC(C)C. The van der Waals surface area contributed by atoms with Gasteiger partial charge in [-0.05, 0) is 46.0 Å². The monoisotopic (exact) mass is 280 g/mol.